The molecule has 1 rings (SSSR count). The number of benzene rings is 1. The Morgan fingerprint density at radius 2 is 2.00 bits per heavy atom. The summed E-state index contributed by atoms with van der Waals surface area (Å²) in [7, 11) is 0. The van der Waals surface area contributed by atoms with Gasteiger partial charge in [-0.15, -0.1) is 24.8 Å². The fourth-order valence-electron chi connectivity index (χ4n) is 1.55. The van der Waals surface area contributed by atoms with Gasteiger partial charge in [-0.3, -0.25) is 9.59 Å². The van der Waals surface area contributed by atoms with Crippen LogP contribution in [-0.2, 0) is 16.0 Å². The minimum absolute atomic E-state index is 0.0108. The number of ether oxygens (including phenoxy) is 1. The molecular weight excluding hydrogens is 301 g/mol. The van der Waals surface area contributed by atoms with Gasteiger partial charge in [0.15, 0.2) is 5.78 Å². The number of carbonyl (C=O) groups excluding carboxylic acids is 1. The van der Waals surface area contributed by atoms with Crippen molar-refractivity contribution in [2.24, 2.45) is 0 Å². The van der Waals surface area contributed by atoms with E-state index in [0.717, 1.165) is 25.1 Å². The van der Waals surface area contributed by atoms with Crippen LogP contribution >= 0.6 is 11.6 Å². The van der Waals surface area contributed by atoms with Crippen LogP contribution in [0.1, 0.15) is 23.4 Å². The predicted octanol–water partition coefficient (Wildman–Crippen LogP) is 3.08. The highest BCUT2D eigenvalue weighted by atomic mass is 35.5. The number of halogens is 4. The Morgan fingerprint density at radius 3 is 2.45 bits per heavy atom. The molecule has 1 aromatic carbocycles. The summed E-state index contributed by atoms with van der Waals surface area (Å²) in [6, 6.07) is 3.03. The number of alkyl halides is 4. The van der Waals surface area contributed by atoms with Gasteiger partial charge in [-0.2, -0.15) is 0 Å². The van der Waals surface area contributed by atoms with E-state index >= 15 is 0 Å². The zero-order valence-electron chi connectivity index (χ0n) is 10.2. The third-order valence-corrected chi connectivity index (χ3v) is 2.86. The van der Waals surface area contributed by atoms with Gasteiger partial charge < -0.3 is 9.84 Å². The summed E-state index contributed by atoms with van der Waals surface area (Å²) in [5, 5.41) is 7.49. The van der Waals surface area contributed by atoms with Crippen LogP contribution in [-0.4, -0.2) is 23.2 Å². The van der Waals surface area contributed by atoms with Crippen LogP contribution in [0.2, 0.25) is 0 Å². The third-order valence-electron chi connectivity index (χ3n) is 2.32. The molecule has 0 aliphatic heterocycles. The number of hydrogen-bond acceptors (Lipinski definition) is 3. The predicted molar refractivity (Wildman–Crippen MR) is 63.7 cm³/mol. The number of carboxylic acid groups (broad SMARTS) is 1. The Balaban J connectivity index is 3.21. The lowest BCUT2D eigenvalue weighted by atomic mass is 9.99. The van der Waals surface area contributed by atoms with E-state index in [1.54, 1.807) is 0 Å². The van der Waals surface area contributed by atoms with Crippen LogP contribution in [0.25, 0.3) is 0 Å². The Kier molecular flexibility index (Phi) is 4.99. The van der Waals surface area contributed by atoms with Gasteiger partial charge in [0.25, 0.3) is 0 Å². The lowest BCUT2D eigenvalue weighted by Gasteiger charge is -2.15. The van der Waals surface area contributed by atoms with Gasteiger partial charge in [0, 0.05) is 0 Å². The van der Waals surface area contributed by atoms with Crippen LogP contribution in [0.3, 0.4) is 0 Å². The summed E-state index contributed by atoms with van der Waals surface area (Å²) >= 11 is 5.79. The molecule has 1 N–H and O–H groups in total. The molecule has 0 bridgehead atoms. The van der Waals surface area contributed by atoms with Crippen LogP contribution < -0.4 is 4.74 Å². The number of aliphatic carboxylic acids is 1. The summed E-state index contributed by atoms with van der Waals surface area (Å²) < 4.78 is 40.1. The SMILES string of the molecule is CC(=O)C(Cl)c1cc(OC(F)(F)F)ccc1CC(=O)O. The standard InChI is InChI=1S/C12H10ClF3O4/c1-6(17)11(13)9-5-8(20-12(14,15)16)3-2-7(9)4-10(18)19/h2-3,5,11H,4H2,1H3,(H,18,19). The first-order valence-electron chi connectivity index (χ1n) is 5.35. The quantitative estimate of drug-likeness (QED) is 0.849. The molecule has 4 nitrogen and oxygen atoms in total. The number of Topliss-reactive ketones (excluding diaryl/α,β-unsaturated/α-hetero) is 1. The van der Waals surface area contributed by atoms with Crippen LogP contribution in [0.5, 0.6) is 5.75 Å². The second-order valence-corrected chi connectivity index (χ2v) is 4.39. The van der Waals surface area contributed by atoms with E-state index in [2.05, 4.69) is 4.74 Å². The normalized spacial score (nSPS) is 12.8. The molecule has 1 unspecified atom stereocenters. The van der Waals surface area contributed by atoms with E-state index in [1.807, 2.05) is 0 Å². The highest BCUT2D eigenvalue weighted by molar-refractivity contribution is 6.31. The third kappa shape index (κ3) is 4.73. The molecular formula is C12H10ClF3O4. The molecule has 0 saturated carbocycles. The summed E-state index contributed by atoms with van der Waals surface area (Å²) in [6.07, 6.45) is -5.35. The fourth-order valence-corrected chi connectivity index (χ4v) is 1.75. The molecule has 8 heteroatoms. The smallest absolute Gasteiger partial charge is 0.481 e. The van der Waals surface area contributed by atoms with Gasteiger partial charge in [0.2, 0.25) is 0 Å². The van der Waals surface area contributed by atoms with Gasteiger partial charge in [0.05, 0.1) is 6.42 Å². The summed E-state index contributed by atoms with van der Waals surface area (Å²) in [4.78, 5) is 21.9. The molecule has 1 atom stereocenters. The number of carboxylic acids is 1. The van der Waals surface area contributed by atoms with Crippen molar-refractivity contribution in [3.63, 3.8) is 0 Å². The van der Waals surface area contributed by atoms with Crippen molar-refractivity contribution in [1.29, 1.82) is 0 Å². The van der Waals surface area contributed by atoms with Crippen molar-refractivity contribution < 1.29 is 32.6 Å². The van der Waals surface area contributed by atoms with Gasteiger partial charge in [-0.1, -0.05) is 6.07 Å². The van der Waals surface area contributed by atoms with Gasteiger partial charge in [-0.25, -0.2) is 0 Å². The van der Waals surface area contributed by atoms with E-state index in [4.69, 9.17) is 16.7 Å². The number of rotatable bonds is 5. The van der Waals surface area contributed by atoms with Crippen molar-refractivity contribution in [3.8, 4) is 5.75 Å². The van der Waals surface area contributed by atoms with Crippen molar-refractivity contribution in [2.75, 3.05) is 0 Å². The van der Waals surface area contributed by atoms with E-state index in [1.165, 1.54) is 0 Å². The molecule has 0 spiro atoms. The molecule has 20 heavy (non-hydrogen) atoms. The van der Waals surface area contributed by atoms with E-state index in [9.17, 15) is 22.8 Å². The second kappa shape index (κ2) is 6.13. The number of carbonyl (C=O) groups is 2. The molecule has 0 aromatic heterocycles. The highest BCUT2D eigenvalue weighted by Gasteiger charge is 2.31. The Bertz CT molecular complexity index is 528. The first-order valence-corrected chi connectivity index (χ1v) is 5.78. The highest BCUT2D eigenvalue weighted by Crippen LogP contribution is 2.31. The average molecular weight is 311 g/mol. The number of ketones is 1. The van der Waals surface area contributed by atoms with Crippen molar-refractivity contribution in [3.05, 3.63) is 29.3 Å². The maximum absolute atomic E-state index is 12.1. The lowest BCUT2D eigenvalue weighted by molar-refractivity contribution is -0.274. The van der Waals surface area contributed by atoms with Crippen molar-refractivity contribution in [2.45, 2.75) is 25.1 Å². The molecule has 0 fully saturated rings. The van der Waals surface area contributed by atoms with Crippen LogP contribution in [0, 0.1) is 0 Å². The molecule has 0 radical (unpaired) electrons. The maximum Gasteiger partial charge on any atom is 0.573 e. The van der Waals surface area contributed by atoms with Gasteiger partial charge >= 0.3 is 12.3 Å². The minimum Gasteiger partial charge on any atom is -0.481 e. The molecule has 0 aliphatic carbocycles. The largest absolute Gasteiger partial charge is 0.573 e. The molecule has 0 aliphatic rings. The first kappa shape index (κ1) is 16.3. The maximum atomic E-state index is 12.1. The molecule has 110 valence electrons. The Morgan fingerprint density at radius 1 is 1.40 bits per heavy atom. The minimum atomic E-state index is -4.89. The van der Waals surface area contributed by atoms with E-state index in [0.29, 0.717) is 0 Å². The first-order chi connectivity index (χ1) is 9.10. The molecule has 0 saturated heterocycles. The van der Waals surface area contributed by atoms with Crippen LogP contribution in [0.15, 0.2) is 18.2 Å². The van der Waals surface area contributed by atoms with Gasteiger partial charge in [0.1, 0.15) is 11.1 Å². The molecule has 0 heterocycles. The van der Waals surface area contributed by atoms with E-state index in [-0.39, 0.29) is 11.1 Å². The number of hydrogen-bond donors (Lipinski definition) is 1. The summed E-state index contributed by atoms with van der Waals surface area (Å²) in [6.45, 7) is 1.15. The summed E-state index contributed by atoms with van der Waals surface area (Å²) in [5.74, 6) is -2.26. The Hall–Kier alpha value is -1.76. The van der Waals surface area contributed by atoms with Crippen molar-refractivity contribution in [1.82, 2.24) is 0 Å². The molecule has 0 amide bonds. The molecule has 1 aromatic rings. The zero-order chi connectivity index (χ0) is 15.5. The Labute approximate surface area is 117 Å². The second-order valence-electron chi connectivity index (χ2n) is 3.95. The van der Waals surface area contributed by atoms with Gasteiger partial charge in [-0.05, 0) is 30.2 Å². The monoisotopic (exact) mass is 310 g/mol. The lowest BCUT2D eigenvalue weighted by Crippen LogP contribution is -2.18. The van der Waals surface area contributed by atoms with Crippen molar-refractivity contribution >= 4 is 23.4 Å². The average Bonchev–Trinajstić information content (AvgIpc) is 2.27. The summed E-state index contributed by atoms with van der Waals surface area (Å²) in [5.41, 5.74) is 0.144. The zero-order valence-corrected chi connectivity index (χ0v) is 11.0. The fraction of sp³-hybridized carbons (Fsp3) is 0.333. The topological polar surface area (TPSA) is 63.6 Å². The van der Waals surface area contributed by atoms with Crippen LogP contribution in [0.4, 0.5) is 13.2 Å². The van der Waals surface area contributed by atoms with E-state index < -0.39 is 35.7 Å².